The quantitative estimate of drug-likeness (QED) is 0.837. The Morgan fingerprint density at radius 1 is 1.04 bits per heavy atom. The number of aromatic nitrogens is 2. The molecule has 0 aliphatic carbocycles. The molecule has 0 spiro atoms. The van der Waals surface area contributed by atoms with Crippen LogP contribution in [0.5, 0.6) is 0 Å². The maximum atomic E-state index is 4.53. The van der Waals surface area contributed by atoms with Gasteiger partial charge in [-0.1, -0.05) is 43.2 Å². The highest BCUT2D eigenvalue weighted by atomic mass is 15.2. The fourth-order valence-electron chi connectivity index (χ4n) is 3.51. The van der Waals surface area contributed by atoms with Gasteiger partial charge in [0.25, 0.3) is 0 Å². The maximum absolute atomic E-state index is 4.53. The molecule has 3 rings (SSSR count). The standard InChI is InChI=1S/C20H29N5/c1-16-14-19(24-20(21-2)23-16)22-15-18(17-10-6-5-7-11-17)25-12-8-3-4-9-13-25/h5-7,10-11,14,18H,3-4,8-9,12-13,15H2,1-2H3,(H2,21,22,23,24). The lowest BCUT2D eigenvalue weighted by atomic mass is 10.0. The van der Waals surface area contributed by atoms with Crippen molar-refractivity contribution in [1.82, 2.24) is 14.9 Å². The van der Waals surface area contributed by atoms with E-state index in [1.807, 2.05) is 20.0 Å². The molecule has 0 bridgehead atoms. The van der Waals surface area contributed by atoms with Crippen LogP contribution in [0, 0.1) is 6.92 Å². The molecular weight excluding hydrogens is 310 g/mol. The van der Waals surface area contributed by atoms with Gasteiger partial charge in [-0.15, -0.1) is 0 Å². The zero-order chi connectivity index (χ0) is 17.5. The molecule has 2 aromatic rings. The predicted octanol–water partition coefficient (Wildman–Crippen LogP) is 3.86. The Hall–Kier alpha value is -2.14. The molecule has 2 heterocycles. The van der Waals surface area contributed by atoms with Gasteiger partial charge in [-0.3, -0.25) is 4.90 Å². The summed E-state index contributed by atoms with van der Waals surface area (Å²) in [6.07, 6.45) is 5.28. The number of nitrogens with zero attached hydrogens (tertiary/aromatic N) is 3. The summed E-state index contributed by atoms with van der Waals surface area (Å²) in [5.74, 6) is 1.54. The van der Waals surface area contributed by atoms with Gasteiger partial charge in [0.2, 0.25) is 5.95 Å². The lowest BCUT2D eigenvalue weighted by Crippen LogP contribution is -2.34. The first-order valence-electron chi connectivity index (χ1n) is 9.32. The normalized spacial score (nSPS) is 16.9. The van der Waals surface area contributed by atoms with Crippen LogP contribution in [0.25, 0.3) is 0 Å². The zero-order valence-electron chi connectivity index (χ0n) is 15.3. The van der Waals surface area contributed by atoms with Crippen LogP contribution in [0.15, 0.2) is 36.4 Å². The van der Waals surface area contributed by atoms with E-state index >= 15 is 0 Å². The van der Waals surface area contributed by atoms with Crippen molar-refractivity contribution in [2.45, 2.75) is 38.6 Å². The number of anilines is 2. The third kappa shape index (κ3) is 4.92. The summed E-state index contributed by atoms with van der Waals surface area (Å²) in [5.41, 5.74) is 2.34. The molecule has 0 saturated carbocycles. The van der Waals surface area contributed by atoms with Crippen molar-refractivity contribution in [2.75, 3.05) is 37.3 Å². The lowest BCUT2D eigenvalue weighted by Gasteiger charge is -2.31. The fourth-order valence-corrected chi connectivity index (χ4v) is 3.51. The maximum Gasteiger partial charge on any atom is 0.224 e. The Morgan fingerprint density at radius 2 is 1.76 bits per heavy atom. The molecule has 1 aromatic carbocycles. The van der Waals surface area contributed by atoms with E-state index in [4.69, 9.17) is 0 Å². The Balaban J connectivity index is 1.76. The molecule has 1 aromatic heterocycles. The average molecular weight is 339 g/mol. The monoisotopic (exact) mass is 339 g/mol. The minimum absolute atomic E-state index is 0.368. The van der Waals surface area contributed by atoms with Crippen molar-refractivity contribution in [3.8, 4) is 0 Å². The van der Waals surface area contributed by atoms with E-state index in [2.05, 4.69) is 55.8 Å². The van der Waals surface area contributed by atoms with Crippen LogP contribution in [0.2, 0.25) is 0 Å². The molecule has 2 N–H and O–H groups in total. The molecule has 1 unspecified atom stereocenters. The van der Waals surface area contributed by atoms with E-state index in [1.54, 1.807) is 0 Å². The highest BCUT2D eigenvalue weighted by molar-refractivity contribution is 5.42. The molecule has 1 aliphatic rings. The number of benzene rings is 1. The van der Waals surface area contributed by atoms with Gasteiger partial charge in [0.05, 0.1) is 6.04 Å². The minimum atomic E-state index is 0.368. The SMILES string of the molecule is CNc1nc(C)cc(NCC(c2ccccc2)N2CCCCCC2)n1. The smallest absolute Gasteiger partial charge is 0.224 e. The fraction of sp³-hybridized carbons (Fsp3) is 0.500. The van der Waals surface area contributed by atoms with Crippen molar-refractivity contribution >= 4 is 11.8 Å². The molecule has 25 heavy (non-hydrogen) atoms. The third-order valence-electron chi connectivity index (χ3n) is 4.82. The molecule has 1 saturated heterocycles. The van der Waals surface area contributed by atoms with Crippen molar-refractivity contribution < 1.29 is 0 Å². The van der Waals surface area contributed by atoms with Crippen LogP contribution in [0.3, 0.4) is 0 Å². The molecule has 5 heteroatoms. The summed E-state index contributed by atoms with van der Waals surface area (Å²) in [6.45, 7) is 5.19. The van der Waals surface area contributed by atoms with Crippen LogP contribution in [-0.2, 0) is 0 Å². The molecule has 1 aliphatic heterocycles. The van der Waals surface area contributed by atoms with Gasteiger partial charge in [-0.2, -0.15) is 4.98 Å². The third-order valence-corrected chi connectivity index (χ3v) is 4.82. The Morgan fingerprint density at radius 3 is 2.44 bits per heavy atom. The van der Waals surface area contributed by atoms with Crippen LogP contribution in [-0.4, -0.2) is 41.5 Å². The number of nitrogens with one attached hydrogen (secondary N) is 2. The molecule has 0 radical (unpaired) electrons. The van der Waals surface area contributed by atoms with E-state index in [0.717, 1.165) is 18.1 Å². The highest BCUT2D eigenvalue weighted by Crippen LogP contribution is 2.25. The first-order chi connectivity index (χ1) is 12.3. The minimum Gasteiger partial charge on any atom is -0.368 e. The van der Waals surface area contributed by atoms with E-state index in [9.17, 15) is 0 Å². The summed E-state index contributed by atoms with van der Waals surface area (Å²) in [6, 6.07) is 13.2. The molecule has 0 amide bonds. The van der Waals surface area contributed by atoms with E-state index in [1.165, 1.54) is 44.3 Å². The Labute approximate surface area is 150 Å². The Kier molecular flexibility index (Phi) is 6.23. The topological polar surface area (TPSA) is 53.1 Å². The molecule has 134 valence electrons. The summed E-state index contributed by atoms with van der Waals surface area (Å²) in [4.78, 5) is 11.5. The van der Waals surface area contributed by atoms with E-state index in [-0.39, 0.29) is 0 Å². The van der Waals surface area contributed by atoms with Gasteiger partial charge in [0, 0.05) is 25.4 Å². The van der Waals surface area contributed by atoms with E-state index in [0.29, 0.717) is 12.0 Å². The summed E-state index contributed by atoms with van der Waals surface area (Å²) in [5, 5.41) is 6.57. The van der Waals surface area contributed by atoms with Gasteiger partial charge < -0.3 is 10.6 Å². The number of likely N-dealkylation sites (tertiary alicyclic amines) is 1. The van der Waals surface area contributed by atoms with Gasteiger partial charge in [-0.25, -0.2) is 4.98 Å². The molecule has 1 fully saturated rings. The van der Waals surface area contributed by atoms with Crippen LogP contribution in [0.1, 0.15) is 43.0 Å². The number of hydrogen-bond donors (Lipinski definition) is 2. The van der Waals surface area contributed by atoms with Crippen LogP contribution in [0.4, 0.5) is 11.8 Å². The zero-order valence-corrected chi connectivity index (χ0v) is 15.3. The lowest BCUT2D eigenvalue weighted by molar-refractivity contribution is 0.213. The van der Waals surface area contributed by atoms with E-state index < -0.39 is 0 Å². The second-order valence-corrected chi connectivity index (χ2v) is 6.73. The van der Waals surface area contributed by atoms with Gasteiger partial charge in [0.15, 0.2) is 0 Å². The predicted molar refractivity (Wildman–Crippen MR) is 104 cm³/mol. The summed E-state index contributed by atoms with van der Waals surface area (Å²) < 4.78 is 0. The molecular formula is C20H29N5. The van der Waals surface area contributed by atoms with Crippen molar-refractivity contribution in [1.29, 1.82) is 0 Å². The second-order valence-electron chi connectivity index (χ2n) is 6.73. The molecule has 5 nitrogen and oxygen atoms in total. The van der Waals surface area contributed by atoms with Crippen molar-refractivity contribution in [2.24, 2.45) is 0 Å². The van der Waals surface area contributed by atoms with Gasteiger partial charge in [-0.05, 0) is 38.4 Å². The van der Waals surface area contributed by atoms with Gasteiger partial charge >= 0.3 is 0 Å². The number of rotatable bonds is 6. The highest BCUT2D eigenvalue weighted by Gasteiger charge is 2.21. The van der Waals surface area contributed by atoms with Crippen LogP contribution < -0.4 is 10.6 Å². The Bertz CT molecular complexity index is 650. The largest absolute Gasteiger partial charge is 0.368 e. The second kappa shape index (κ2) is 8.81. The van der Waals surface area contributed by atoms with Gasteiger partial charge in [0.1, 0.15) is 5.82 Å². The number of hydrogen-bond acceptors (Lipinski definition) is 5. The van der Waals surface area contributed by atoms with Crippen molar-refractivity contribution in [3.63, 3.8) is 0 Å². The average Bonchev–Trinajstić information content (AvgIpc) is 2.92. The van der Waals surface area contributed by atoms with Crippen molar-refractivity contribution in [3.05, 3.63) is 47.7 Å². The summed E-state index contributed by atoms with van der Waals surface area (Å²) >= 11 is 0. The first kappa shape index (κ1) is 17.7. The van der Waals surface area contributed by atoms with Crippen LogP contribution >= 0.6 is 0 Å². The summed E-state index contributed by atoms with van der Waals surface area (Å²) in [7, 11) is 1.85. The molecule has 1 atom stereocenters. The first-order valence-corrected chi connectivity index (χ1v) is 9.32. The number of aryl methyl sites for hydroxylation is 1.